The summed E-state index contributed by atoms with van der Waals surface area (Å²) in [4.78, 5) is 11.6. The maximum atomic E-state index is 11.6. The molecule has 4 aromatic rings. The zero-order chi connectivity index (χ0) is 22.0. The van der Waals surface area contributed by atoms with E-state index in [2.05, 4.69) is 10.3 Å². The lowest BCUT2D eigenvalue weighted by Crippen LogP contribution is -2.00. The van der Waals surface area contributed by atoms with Crippen LogP contribution >= 0.6 is 0 Å². The fourth-order valence-corrected chi connectivity index (χ4v) is 3.24. The largest absolute Gasteiger partial charge is 0.493 e. The lowest BCUT2D eigenvalue weighted by Gasteiger charge is -2.13. The zero-order valence-electron chi connectivity index (χ0n) is 17.5. The molecule has 160 valence electrons. The first-order valence-electron chi connectivity index (χ1n) is 9.41. The molecule has 2 heterocycles. The third-order valence-corrected chi connectivity index (χ3v) is 4.76. The van der Waals surface area contributed by atoms with E-state index in [0.717, 1.165) is 10.9 Å². The lowest BCUT2D eigenvalue weighted by atomic mass is 10.1. The molecule has 0 aliphatic rings. The second-order valence-corrected chi connectivity index (χ2v) is 6.73. The van der Waals surface area contributed by atoms with E-state index in [-0.39, 0.29) is 6.61 Å². The van der Waals surface area contributed by atoms with Crippen LogP contribution in [0.3, 0.4) is 0 Å². The van der Waals surface area contributed by atoms with Gasteiger partial charge in [0.2, 0.25) is 5.75 Å². The molecule has 0 atom stereocenters. The minimum Gasteiger partial charge on any atom is -0.493 e. The molecular weight excluding hydrogens is 402 g/mol. The fraction of sp³-hybridized carbons (Fsp3) is 0.227. The average molecular weight is 423 g/mol. The van der Waals surface area contributed by atoms with Crippen molar-refractivity contribution in [1.29, 1.82) is 0 Å². The van der Waals surface area contributed by atoms with Gasteiger partial charge in [0.1, 0.15) is 23.6 Å². The van der Waals surface area contributed by atoms with Crippen molar-refractivity contribution < 1.29 is 23.4 Å². The van der Waals surface area contributed by atoms with Crippen molar-refractivity contribution >= 4 is 11.0 Å². The van der Waals surface area contributed by atoms with Gasteiger partial charge in [-0.15, -0.1) is 5.10 Å². The monoisotopic (exact) mass is 423 g/mol. The Morgan fingerprint density at radius 3 is 2.42 bits per heavy atom. The van der Waals surface area contributed by atoms with Crippen LogP contribution in [0.2, 0.25) is 0 Å². The summed E-state index contributed by atoms with van der Waals surface area (Å²) in [5.74, 6) is 2.08. The van der Waals surface area contributed by atoms with Gasteiger partial charge in [0.05, 0.1) is 33.2 Å². The first-order valence-corrected chi connectivity index (χ1v) is 9.41. The summed E-state index contributed by atoms with van der Waals surface area (Å²) in [5, 5.41) is 9.17. The molecule has 0 radical (unpaired) electrons. The number of rotatable bonds is 7. The van der Waals surface area contributed by atoms with Crippen LogP contribution in [0.4, 0.5) is 0 Å². The van der Waals surface area contributed by atoms with Crippen LogP contribution in [0.15, 0.2) is 51.8 Å². The third kappa shape index (κ3) is 4.02. The van der Waals surface area contributed by atoms with Crippen molar-refractivity contribution in [1.82, 2.24) is 15.0 Å². The van der Waals surface area contributed by atoms with E-state index in [9.17, 15) is 4.79 Å². The summed E-state index contributed by atoms with van der Waals surface area (Å²) in [7, 11) is 4.65. The minimum atomic E-state index is -0.393. The SMILES string of the molecule is COc1cc(-n2cc(COc3ccc4c(C)cc(=O)oc4c3)nn2)cc(OC)c1OC. The minimum absolute atomic E-state index is 0.186. The third-order valence-electron chi connectivity index (χ3n) is 4.76. The maximum absolute atomic E-state index is 11.6. The molecule has 0 N–H and O–H groups in total. The highest BCUT2D eigenvalue weighted by molar-refractivity contribution is 5.81. The molecule has 0 unspecified atom stereocenters. The molecule has 0 amide bonds. The van der Waals surface area contributed by atoms with Gasteiger partial charge >= 0.3 is 5.63 Å². The van der Waals surface area contributed by atoms with E-state index < -0.39 is 5.63 Å². The predicted octanol–water partition coefficient (Wildman–Crippen LogP) is 3.29. The Morgan fingerprint density at radius 1 is 1.00 bits per heavy atom. The van der Waals surface area contributed by atoms with E-state index in [1.807, 2.05) is 19.1 Å². The van der Waals surface area contributed by atoms with Crippen molar-refractivity contribution in [3.63, 3.8) is 0 Å². The molecule has 0 bridgehead atoms. The number of nitrogens with zero attached hydrogens (tertiary/aromatic N) is 3. The molecule has 0 saturated heterocycles. The van der Waals surface area contributed by atoms with Crippen LogP contribution in [0.1, 0.15) is 11.3 Å². The van der Waals surface area contributed by atoms with Crippen molar-refractivity contribution in [2.24, 2.45) is 0 Å². The first-order chi connectivity index (χ1) is 15.0. The Kier molecular flexibility index (Phi) is 5.48. The van der Waals surface area contributed by atoms with Crippen LogP contribution in [-0.4, -0.2) is 36.3 Å². The molecule has 2 aromatic heterocycles. The lowest BCUT2D eigenvalue weighted by molar-refractivity contribution is 0.301. The number of hydrogen-bond acceptors (Lipinski definition) is 8. The van der Waals surface area contributed by atoms with E-state index in [4.69, 9.17) is 23.4 Å². The van der Waals surface area contributed by atoms with Gasteiger partial charge in [-0.3, -0.25) is 0 Å². The van der Waals surface area contributed by atoms with Gasteiger partial charge in [-0.25, -0.2) is 9.48 Å². The average Bonchev–Trinajstić information content (AvgIpc) is 3.25. The topological polar surface area (TPSA) is 97.8 Å². The number of aromatic nitrogens is 3. The number of methoxy groups -OCH3 is 3. The van der Waals surface area contributed by atoms with Gasteiger partial charge in [-0.2, -0.15) is 0 Å². The molecule has 0 spiro atoms. The van der Waals surface area contributed by atoms with Gasteiger partial charge < -0.3 is 23.4 Å². The second kappa shape index (κ2) is 8.39. The van der Waals surface area contributed by atoms with Gasteiger partial charge in [0.25, 0.3) is 0 Å². The van der Waals surface area contributed by atoms with E-state index in [0.29, 0.717) is 40.0 Å². The molecule has 0 aliphatic carbocycles. The van der Waals surface area contributed by atoms with Crippen molar-refractivity contribution in [2.45, 2.75) is 13.5 Å². The second-order valence-electron chi connectivity index (χ2n) is 6.73. The highest BCUT2D eigenvalue weighted by atomic mass is 16.5. The molecule has 0 fully saturated rings. The van der Waals surface area contributed by atoms with Crippen LogP contribution in [0, 0.1) is 6.92 Å². The van der Waals surface area contributed by atoms with Crippen LogP contribution in [0.25, 0.3) is 16.7 Å². The number of hydrogen-bond donors (Lipinski definition) is 0. The van der Waals surface area contributed by atoms with Crippen molar-refractivity contribution in [2.75, 3.05) is 21.3 Å². The normalized spacial score (nSPS) is 10.8. The van der Waals surface area contributed by atoms with Crippen LogP contribution in [-0.2, 0) is 6.61 Å². The summed E-state index contributed by atoms with van der Waals surface area (Å²) in [6.45, 7) is 2.05. The molecule has 0 aliphatic heterocycles. The summed E-state index contributed by atoms with van der Waals surface area (Å²) in [5.41, 5.74) is 2.24. The molecule has 4 rings (SSSR count). The number of ether oxygens (including phenoxy) is 4. The van der Waals surface area contributed by atoms with Crippen molar-refractivity contribution in [3.05, 3.63) is 64.3 Å². The van der Waals surface area contributed by atoms with Crippen molar-refractivity contribution in [3.8, 4) is 28.7 Å². The molecule has 9 heteroatoms. The molecule has 2 aromatic carbocycles. The standard InChI is InChI=1S/C22H21N3O6/c1-13-7-21(26)31-18-10-16(5-6-17(13)18)30-12-14-11-25(24-23-14)15-8-19(27-2)22(29-4)20(9-15)28-3/h5-11H,12H2,1-4H3. The number of aryl methyl sites for hydroxylation is 1. The summed E-state index contributed by atoms with van der Waals surface area (Å²) >= 11 is 0. The van der Waals surface area contributed by atoms with E-state index in [1.165, 1.54) is 6.07 Å². The Morgan fingerprint density at radius 2 is 1.74 bits per heavy atom. The summed E-state index contributed by atoms with van der Waals surface area (Å²) in [6.07, 6.45) is 1.74. The van der Waals surface area contributed by atoms with Gasteiger partial charge in [0, 0.05) is 29.7 Å². The summed E-state index contributed by atoms with van der Waals surface area (Å²) in [6, 6.07) is 10.4. The van der Waals surface area contributed by atoms with Gasteiger partial charge in [-0.05, 0) is 24.6 Å². The van der Waals surface area contributed by atoms with Gasteiger partial charge in [-0.1, -0.05) is 5.21 Å². The first kappa shape index (κ1) is 20.3. The Labute approximate surface area is 177 Å². The Balaban J connectivity index is 1.55. The maximum Gasteiger partial charge on any atom is 0.336 e. The molecule has 9 nitrogen and oxygen atoms in total. The van der Waals surface area contributed by atoms with E-state index in [1.54, 1.807) is 50.4 Å². The van der Waals surface area contributed by atoms with E-state index >= 15 is 0 Å². The highest BCUT2D eigenvalue weighted by Crippen LogP contribution is 2.39. The summed E-state index contributed by atoms with van der Waals surface area (Å²) < 4.78 is 28.8. The van der Waals surface area contributed by atoms with Crippen LogP contribution in [0.5, 0.6) is 23.0 Å². The molecular formula is C22H21N3O6. The number of fused-ring (bicyclic) bond motifs is 1. The predicted molar refractivity (Wildman–Crippen MR) is 113 cm³/mol. The molecule has 0 saturated carbocycles. The Hall–Kier alpha value is -4.01. The van der Waals surface area contributed by atoms with Crippen LogP contribution < -0.4 is 24.6 Å². The Bertz CT molecular complexity index is 1270. The quantitative estimate of drug-likeness (QED) is 0.418. The number of benzene rings is 2. The zero-order valence-corrected chi connectivity index (χ0v) is 17.5. The smallest absolute Gasteiger partial charge is 0.336 e. The highest BCUT2D eigenvalue weighted by Gasteiger charge is 2.15. The van der Waals surface area contributed by atoms with Gasteiger partial charge in [0.15, 0.2) is 11.5 Å². The molecule has 31 heavy (non-hydrogen) atoms. The fourth-order valence-electron chi connectivity index (χ4n) is 3.24.